The van der Waals surface area contributed by atoms with Crippen LogP contribution in [0, 0.1) is 6.92 Å². The lowest BCUT2D eigenvalue weighted by atomic mass is 10.1. The van der Waals surface area contributed by atoms with Gasteiger partial charge in [0.05, 0.1) is 10.2 Å². The summed E-state index contributed by atoms with van der Waals surface area (Å²) in [7, 11) is 5.84. The summed E-state index contributed by atoms with van der Waals surface area (Å²) in [5.41, 5.74) is 3.57. The molecule has 0 aliphatic rings. The quantitative estimate of drug-likeness (QED) is 0.627. The molecule has 0 atom stereocenters. The number of aryl methyl sites for hydroxylation is 3. The molecule has 2 aromatic heterocycles. The Hall–Kier alpha value is -1.96. The minimum atomic E-state index is -0.0953. The van der Waals surface area contributed by atoms with Crippen molar-refractivity contribution in [3.8, 4) is 0 Å². The van der Waals surface area contributed by atoms with Crippen molar-refractivity contribution in [3.05, 3.63) is 41.2 Å². The number of hydrogen-bond acceptors (Lipinski definition) is 5. The van der Waals surface area contributed by atoms with E-state index in [0.29, 0.717) is 12.2 Å². The van der Waals surface area contributed by atoms with Crippen LogP contribution in [0.15, 0.2) is 24.4 Å². The topological polar surface area (TPSA) is 54.3 Å². The molecule has 0 saturated heterocycles. The van der Waals surface area contributed by atoms with Crippen molar-refractivity contribution in [2.45, 2.75) is 20.3 Å². The number of carbonyl (C=O) groups is 1. The molecule has 27 heavy (non-hydrogen) atoms. The van der Waals surface area contributed by atoms with Gasteiger partial charge >= 0.3 is 0 Å². The van der Waals surface area contributed by atoms with Crippen molar-refractivity contribution in [1.29, 1.82) is 0 Å². The Bertz CT molecular complexity index is 933. The third-order valence-electron chi connectivity index (χ3n) is 4.33. The van der Waals surface area contributed by atoms with Gasteiger partial charge in [0.25, 0.3) is 5.91 Å². The number of anilines is 1. The summed E-state index contributed by atoms with van der Waals surface area (Å²) in [5, 5.41) is 5.09. The fourth-order valence-electron chi connectivity index (χ4n) is 2.92. The van der Waals surface area contributed by atoms with Crippen LogP contribution in [0.5, 0.6) is 0 Å². The minimum Gasteiger partial charge on any atom is -0.308 e. The summed E-state index contributed by atoms with van der Waals surface area (Å²) in [6.07, 6.45) is 2.79. The Labute approximate surface area is 170 Å². The Morgan fingerprint density at radius 2 is 2.00 bits per heavy atom. The molecule has 0 N–H and O–H groups in total. The van der Waals surface area contributed by atoms with Crippen LogP contribution in [0.2, 0.25) is 0 Å². The lowest BCUT2D eigenvalue weighted by molar-refractivity contribution is 0.0979. The van der Waals surface area contributed by atoms with E-state index in [2.05, 4.69) is 35.1 Å². The third kappa shape index (κ3) is 4.48. The SMILES string of the molecule is CCc1cccc2sc(N(CCN(C)C)C(=O)c3nn(C)cc3C)nc12.Cl. The second-order valence-corrected chi connectivity index (χ2v) is 7.72. The van der Waals surface area contributed by atoms with Gasteiger partial charge in [0, 0.05) is 31.9 Å². The van der Waals surface area contributed by atoms with Gasteiger partial charge in [0.1, 0.15) is 0 Å². The standard InChI is InChI=1S/C19H25N5OS.ClH/c1-6-14-8-7-9-15-17(14)20-19(26-15)24(11-10-22(3)4)18(25)16-13(2)12-23(5)21-16;/h7-9,12H,6,10-11H2,1-5H3;1H. The van der Waals surface area contributed by atoms with E-state index in [1.807, 2.05) is 34.3 Å². The molecule has 3 rings (SSSR count). The van der Waals surface area contributed by atoms with Crippen LogP contribution in [-0.4, -0.2) is 52.8 Å². The fraction of sp³-hybridized carbons (Fsp3) is 0.421. The summed E-state index contributed by atoms with van der Waals surface area (Å²) < 4.78 is 2.79. The monoisotopic (exact) mass is 407 g/mol. The molecule has 1 amide bonds. The number of para-hydroxylation sites is 1. The Morgan fingerprint density at radius 1 is 1.26 bits per heavy atom. The molecule has 0 radical (unpaired) electrons. The van der Waals surface area contributed by atoms with Gasteiger partial charge in [-0.2, -0.15) is 5.10 Å². The van der Waals surface area contributed by atoms with Crippen LogP contribution in [0.25, 0.3) is 10.2 Å². The first-order valence-corrected chi connectivity index (χ1v) is 9.57. The number of benzene rings is 1. The Kier molecular flexibility index (Phi) is 6.97. The van der Waals surface area contributed by atoms with E-state index in [1.54, 1.807) is 20.9 Å². The van der Waals surface area contributed by atoms with Gasteiger partial charge in [-0.3, -0.25) is 14.4 Å². The van der Waals surface area contributed by atoms with Crippen LogP contribution in [0.1, 0.15) is 28.5 Å². The van der Waals surface area contributed by atoms with Crippen molar-refractivity contribution < 1.29 is 4.79 Å². The van der Waals surface area contributed by atoms with E-state index in [-0.39, 0.29) is 18.3 Å². The van der Waals surface area contributed by atoms with Crippen LogP contribution in [0.3, 0.4) is 0 Å². The molecule has 0 saturated carbocycles. The fourth-order valence-corrected chi connectivity index (χ4v) is 3.96. The van der Waals surface area contributed by atoms with E-state index in [4.69, 9.17) is 4.98 Å². The number of aromatic nitrogens is 3. The summed E-state index contributed by atoms with van der Waals surface area (Å²) in [5.74, 6) is -0.0953. The van der Waals surface area contributed by atoms with Crippen molar-refractivity contribution in [2.24, 2.45) is 7.05 Å². The summed E-state index contributed by atoms with van der Waals surface area (Å²) in [6.45, 7) is 5.37. The number of amides is 1. The zero-order chi connectivity index (χ0) is 18.8. The number of thiazole rings is 1. The predicted octanol–water partition coefficient (Wildman–Crippen LogP) is 3.53. The van der Waals surface area contributed by atoms with Crippen molar-refractivity contribution in [2.75, 3.05) is 32.1 Å². The van der Waals surface area contributed by atoms with Gasteiger partial charge in [0.15, 0.2) is 10.8 Å². The largest absolute Gasteiger partial charge is 0.308 e. The highest BCUT2D eigenvalue weighted by Crippen LogP contribution is 2.31. The maximum atomic E-state index is 13.2. The predicted molar refractivity (Wildman–Crippen MR) is 114 cm³/mol. The molecule has 0 aliphatic carbocycles. The number of likely N-dealkylation sites (N-methyl/N-ethyl adjacent to an activating group) is 1. The van der Waals surface area contributed by atoms with Gasteiger partial charge in [0.2, 0.25) is 0 Å². The first-order chi connectivity index (χ1) is 12.4. The minimum absolute atomic E-state index is 0. The molecule has 0 bridgehead atoms. The molecule has 8 heteroatoms. The molecular formula is C19H26ClN5OS. The average molecular weight is 408 g/mol. The highest BCUT2D eigenvalue weighted by atomic mass is 35.5. The van der Waals surface area contributed by atoms with Crippen molar-refractivity contribution in [1.82, 2.24) is 19.7 Å². The average Bonchev–Trinajstić information content (AvgIpc) is 3.16. The zero-order valence-corrected chi connectivity index (χ0v) is 18.0. The summed E-state index contributed by atoms with van der Waals surface area (Å²) in [4.78, 5) is 21.9. The number of hydrogen-bond donors (Lipinski definition) is 0. The number of nitrogens with zero attached hydrogens (tertiary/aromatic N) is 5. The maximum absolute atomic E-state index is 13.2. The molecule has 2 heterocycles. The first-order valence-electron chi connectivity index (χ1n) is 8.76. The van der Waals surface area contributed by atoms with Gasteiger partial charge < -0.3 is 4.90 Å². The normalized spacial score (nSPS) is 11.0. The highest BCUT2D eigenvalue weighted by molar-refractivity contribution is 7.22. The van der Waals surface area contributed by atoms with Gasteiger partial charge in [-0.05, 0) is 39.1 Å². The van der Waals surface area contributed by atoms with E-state index in [9.17, 15) is 4.79 Å². The molecule has 3 aromatic rings. The van der Waals surface area contributed by atoms with Crippen LogP contribution < -0.4 is 4.90 Å². The van der Waals surface area contributed by atoms with Crippen LogP contribution in [-0.2, 0) is 13.5 Å². The summed E-state index contributed by atoms with van der Waals surface area (Å²) in [6, 6.07) is 6.22. The number of halogens is 1. The number of carbonyl (C=O) groups excluding carboxylic acids is 1. The van der Waals surface area contributed by atoms with E-state index < -0.39 is 0 Å². The smallest absolute Gasteiger partial charge is 0.280 e. The molecule has 0 spiro atoms. The van der Waals surface area contributed by atoms with E-state index >= 15 is 0 Å². The number of fused-ring (bicyclic) bond motifs is 1. The molecule has 0 fully saturated rings. The molecule has 6 nitrogen and oxygen atoms in total. The van der Waals surface area contributed by atoms with Gasteiger partial charge in [-0.25, -0.2) is 4.98 Å². The maximum Gasteiger partial charge on any atom is 0.280 e. The zero-order valence-electron chi connectivity index (χ0n) is 16.4. The molecular weight excluding hydrogens is 382 g/mol. The lowest BCUT2D eigenvalue weighted by Gasteiger charge is -2.21. The second kappa shape index (κ2) is 8.82. The Morgan fingerprint density at radius 3 is 2.59 bits per heavy atom. The van der Waals surface area contributed by atoms with Crippen molar-refractivity contribution in [3.63, 3.8) is 0 Å². The molecule has 0 aliphatic heterocycles. The molecule has 146 valence electrons. The lowest BCUT2D eigenvalue weighted by Crippen LogP contribution is -2.37. The van der Waals surface area contributed by atoms with Crippen LogP contribution >= 0.6 is 23.7 Å². The first kappa shape index (κ1) is 21.3. The molecule has 0 unspecified atom stereocenters. The highest BCUT2D eigenvalue weighted by Gasteiger charge is 2.25. The van der Waals surface area contributed by atoms with Crippen LogP contribution in [0.4, 0.5) is 5.13 Å². The summed E-state index contributed by atoms with van der Waals surface area (Å²) >= 11 is 1.56. The Balaban J connectivity index is 0.00000261. The van der Waals surface area contributed by atoms with E-state index in [0.717, 1.165) is 33.9 Å². The third-order valence-corrected chi connectivity index (χ3v) is 5.38. The van der Waals surface area contributed by atoms with Gasteiger partial charge in [-0.15, -0.1) is 12.4 Å². The number of rotatable bonds is 6. The van der Waals surface area contributed by atoms with E-state index in [1.165, 1.54) is 5.56 Å². The second-order valence-electron chi connectivity index (χ2n) is 6.71. The van der Waals surface area contributed by atoms with Gasteiger partial charge in [-0.1, -0.05) is 30.4 Å². The molecule has 1 aromatic carbocycles. The van der Waals surface area contributed by atoms with Crippen molar-refractivity contribution >= 4 is 45.0 Å².